The predicted molar refractivity (Wildman–Crippen MR) is 132 cm³/mol. The Balaban J connectivity index is 1.39. The number of anilines is 1. The molecule has 2 aromatic carbocycles. The number of nitrogens with zero attached hydrogens (tertiary/aromatic N) is 1. The van der Waals surface area contributed by atoms with Crippen LogP contribution in [0.1, 0.15) is 42.1 Å². The average Bonchev–Trinajstić information content (AvgIpc) is 3.10. The van der Waals surface area contributed by atoms with Gasteiger partial charge in [0.25, 0.3) is 0 Å². The Morgan fingerprint density at radius 2 is 1.86 bits per heavy atom. The van der Waals surface area contributed by atoms with E-state index in [9.17, 15) is 28.2 Å². The minimum atomic E-state index is -4.01. The van der Waals surface area contributed by atoms with E-state index in [0.29, 0.717) is 55.0 Å². The minimum Gasteiger partial charge on any atom is -0.506 e. The van der Waals surface area contributed by atoms with Gasteiger partial charge in [-0.3, -0.25) is 9.59 Å². The van der Waals surface area contributed by atoms with E-state index >= 15 is 0 Å². The molecule has 0 bridgehead atoms. The molecule has 194 valence electrons. The number of methoxy groups -OCH3 is 1. The third-order valence-corrected chi connectivity index (χ3v) is 6.65. The topological polar surface area (TPSA) is 154 Å². The first-order valence-electron chi connectivity index (χ1n) is 11.2. The number of amides is 1. The van der Waals surface area contributed by atoms with E-state index in [1.54, 1.807) is 24.3 Å². The molecule has 0 unspecified atom stereocenters. The zero-order valence-electron chi connectivity index (χ0n) is 20.0. The molecule has 0 radical (unpaired) electrons. The van der Waals surface area contributed by atoms with E-state index in [2.05, 4.69) is 5.32 Å². The molecule has 3 rings (SSSR count). The number of rotatable bonds is 12. The largest absolute Gasteiger partial charge is 0.506 e. The number of phenolic OH excluding ortho intramolecular Hbond substituents is 1. The Labute approximate surface area is 209 Å². The second-order valence-electron chi connectivity index (χ2n) is 8.04. The van der Waals surface area contributed by atoms with Gasteiger partial charge < -0.3 is 25.0 Å². The lowest BCUT2D eigenvalue weighted by atomic mass is 10.1. The number of nitrogens with one attached hydrogen (secondary N) is 2. The van der Waals surface area contributed by atoms with Gasteiger partial charge in [-0.05, 0) is 56.0 Å². The summed E-state index contributed by atoms with van der Waals surface area (Å²) in [5.74, 6) is -0.232. The van der Waals surface area contributed by atoms with Crippen LogP contribution in [0.2, 0.25) is 0 Å². The molecule has 0 saturated carbocycles. The van der Waals surface area contributed by atoms with E-state index in [0.717, 1.165) is 10.5 Å². The van der Waals surface area contributed by atoms with Crippen LogP contribution in [-0.4, -0.2) is 50.6 Å². The number of carbonyl (C=O) groups is 2. The van der Waals surface area contributed by atoms with Gasteiger partial charge in [-0.25, -0.2) is 9.03 Å². The van der Waals surface area contributed by atoms with Crippen LogP contribution in [0.15, 0.2) is 48.5 Å². The normalized spacial score (nSPS) is 14.1. The molecule has 1 aliphatic rings. The number of unbranched alkanes of at least 4 members (excludes halogenated alkanes) is 1. The number of carbonyl (C=O) groups excluding carboxylic acids is 2. The average molecular weight is 520 g/mol. The second kappa shape index (κ2) is 11.7. The number of Topliss-reactive ketones (excluding diaryl/α,β-unsaturated/α-hetero) is 1. The summed E-state index contributed by atoms with van der Waals surface area (Å²) in [5.41, 5.74) is 1.03. The smallest absolute Gasteiger partial charge is 0.330 e. The van der Waals surface area contributed by atoms with Crippen molar-refractivity contribution < 1.29 is 37.7 Å². The maximum atomic E-state index is 12.2. The lowest BCUT2D eigenvalue weighted by Gasteiger charge is -2.16. The van der Waals surface area contributed by atoms with Gasteiger partial charge in [-0.15, -0.1) is 0 Å². The van der Waals surface area contributed by atoms with Crippen LogP contribution >= 0.6 is 0 Å². The molecule has 12 heteroatoms. The maximum absolute atomic E-state index is 12.2. The molecule has 4 N–H and O–H groups in total. The molecule has 2 aromatic rings. The van der Waals surface area contributed by atoms with Gasteiger partial charge in [0.2, 0.25) is 11.8 Å². The van der Waals surface area contributed by atoms with Gasteiger partial charge in [0.15, 0.2) is 5.78 Å². The van der Waals surface area contributed by atoms with E-state index in [1.165, 1.54) is 26.2 Å². The number of hydrogen-bond donors (Lipinski definition) is 4. The molecule has 1 aliphatic heterocycles. The van der Waals surface area contributed by atoms with Crippen LogP contribution in [0.5, 0.6) is 17.2 Å². The Kier molecular flexibility index (Phi) is 8.64. The van der Waals surface area contributed by atoms with E-state index in [-0.39, 0.29) is 29.5 Å². The number of aromatic hydroxyl groups is 1. The monoisotopic (exact) mass is 519 g/mol. The Bertz CT molecular complexity index is 1260. The van der Waals surface area contributed by atoms with Gasteiger partial charge in [0.1, 0.15) is 28.5 Å². The number of benzene rings is 2. The van der Waals surface area contributed by atoms with Gasteiger partial charge >= 0.3 is 10.2 Å². The molecular formula is C24H29N3O8S. The zero-order valence-corrected chi connectivity index (χ0v) is 20.8. The fraction of sp³-hybridized carbons (Fsp3) is 0.333. The lowest BCUT2D eigenvalue weighted by molar-refractivity contribution is -0.121. The number of phenols is 1. The van der Waals surface area contributed by atoms with Crippen molar-refractivity contribution in [2.45, 2.75) is 32.6 Å². The molecular weight excluding hydrogens is 490 g/mol. The van der Waals surface area contributed by atoms with Gasteiger partial charge in [-0.1, -0.05) is 12.1 Å². The number of ether oxygens (including phenoxy) is 2. The van der Waals surface area contributed by atoms with Gasteiger partial charge in [-0.2, -0.15) is 8.42 Å². The highest BCUT2D eigenvalue weighted by molar-refractivity contribution is 7.91. The third kappa shape index (κ3) is 6.60. The molecule has 36 heavy (non-hydrogen) atoms. The molecule has 0 fully saturated rings. The van der Waals surface area contributed by atoms with Crippen molar-refractivity contribution in [3.63, 3.8) is 0 Å². The van der Waals surface area contributed by atoms with Crippen molar-refractivity contribution in [1.29, 1.82) is 0 Å². The Hall–Kier alpha value is -3.93. The minimum absolute atomic E-state index is 0.0219. The summed E-state index contributed by atoms with van der Waals surface area (Å²) >= 11 is 0. The molecule has 0 atom stereocenters. The van der Waals surface area contributed by atoms with E-state index < -0.39 is 16.1 Å². The predicted octanol–water partition coefficient (Wildman–Crippen LogP) is 2.52. The summed E-state index contributed by atoms with van der Waals surface area (Å²) in [6.45, 7) is 2.29. The number of ketones is 1. The highest BCUT2D eigenvalue weighted by Gasteiger charge is 2.30. The molecule has 0 saturated heterocycles. The van der Waals surface area contributed by atoms with E-state index in [4.69, 9.17) is 9.47 Å². The van der Waals surface area contributed by atoms with Crippen LogP contribution in [0.3, 0.4) is 0 Å². The summed E-state index contributed by atoms with van der Waals surface area (Å²) in [7, 11) is -2.51. The number of aryl methyl sites for hydroxylation is 1. The van der Waals surface area contributed by atoms with Gasteiger partial charge in [0, 0.05) is 13.0 Å². The van der Waals surface area contributed by atoms with Crippen molar-refractivity contribution in [2.75, 3.05) is 24.6 Å². The fourth-order valence-electron chi connectivity index (χ4n) is 3.63. The highest BCUT2D eigenvalue weighted by Crippen LogP contribution is 2.33. The van der Waals surface area contributed by atoms with Crippen molar-refractivity contribution in [3.05, 3.63) is 59.6 Å². The standard InChI is InChI=1S/C24H29N3O8S/c1-16(28)24-20(34-2)6-5-7-21(24)35-13-4-3-12-25-22(30)11-9-17-8-10-18(19(29)14-17)27-15-23(31)26-36(27,32)33/h5-8,10,14-15,26,29,31H,3-4,9,11-13H2,1-2H3,(H,25,30). The van der Waals surface area contributed by atoms with Crippen molar-refractivity contribution in [2.24, 2.45) is 0 Å². The van der Waals surface area contributed by atoms with Crippen molar-refractivity contribution in [1.82, 2.24) is 10.0 Å². The molecule has 1 heterocycles. The summed E-state index contributed by atoms with van der Waals surface area (Å²) in [6.07, 6.45) is 2.83. The third-order valence-electron chi connectivity index (χ3n) is 5.36. The SMILES string of the molecule is COc1cccc(OCCCCNC(=O)CCc2ccc(N3C=C(O)NS3(=O)=O)c(O)c2)c1C(C)=O. The number of aliphatic hydroxyl groups excluding tert-OH is 1. The number of aliphatic hydroxyl groups is 1. The van der Waals surface area contributed by atoms with Crippen LogP contribution in [0.25, 0.3) is 0 Å². The molecule has 0 spiro atoms. The quantitative estimate of drug-likeness (QED) is 0.246. The fourth-order valence-corrected chi connectivity index (χ4v) is 4.70. The summed E-state index contributed by atoms with van der Waals surface area (Å²) in [4.78, 5) is 24.0. The summed E-state index contributed by atoms with van der Waals surface area (Å²) < 4.78 is 37.5. The van der Waals surface area contributed by atoms with Gasteiger partial charge in [0.05, 0.1) is 19.9 Å². The first-order valence-corrected chi connectivity index (χ1v) is 12.7. The second-order valence-corrected chi connectivity index (χ2v) is 9.58. The first kappa shape index (κ1) is 26.7. The van der Waals surface area contributed by atoms with Crippen LogP contribution in [-0.2, 0) is 21.4 Å². The Morgan fingerprint density at radius 1 is 1.11 bits per heavy atom. The molecule has 0 aromatic heterocycles. The first-order chi connectivity index (χ1) is 17.1. The highest BCUT2D eigenvalue weighted by atomic mass is 32.2. The van der Waals surface area contributed by atoms with Crippen molar-refractivity contribution >= 4 is 27.6 Å². The summed E-state index contributed by atoms with van der Waals surface area (Å²) in [5, 5.41) is 22.4. The lowest BCUT2D eigenvalue weighted by Crippen LogP contribution is -2.29. The zero-order chi connectivity index (χ0) is 26.3. The molecule has 1 amide bonds. The van der Waals surface area contributed by atoms with Crippen LogP contribution in [0, 0.1) is 0 Å². The number of hydrogen-bond acceptors (Lipinski definition) is 8. The van der Waals surface area contributed by atoms with Crippen LogP contribution < -0.4 is 23.8 Å². The van der Waals surface area contributed by atoms with E-state index in [1.807, 2.05) is 4.72 Å². The maximum Gasteiger partial charge on any atom is 0.330 e. The Morgan fingerprint density at radius 3 is 2.50 bits per heavy atom. The van der Waals surface area contributed by atoms with Crippen molar-refractivity contribution in [3.8, 4) is 17.2 Å². The molecule has 11 nitrogen and oxygen atoms in total. The molecule has 0 aliphatic carbocycles. The summed E-state index contributed by atoms with van der Waals surface area (Å²) in [6, 6.07) is 9.55. The van der Waals surface area contributed by atoms with Crippen LogP contribution in [0.4, 0.5) is 5.69 Å².